The van der Waals surface area contributed by atoms with Crippen molar-refractivity contribution in [2.45, 2.75) is 12.5 Å². The van der Waals surface area contributed by atoms with Crippen LogP contribution in [0.5, 0.6) is 5.75 Å². The summed E-state index contributed by atoms with van der Waals surface area (Å²) in [5.41, 5.74) is 6.73. The van der Waals surface area contributed by atoms with E-state index in [1.54, 1.807) is 12.1 Å². The van der Waals surface area contributed by atoms with Crippen LogP contribution in [0, 0.1) is 0 Å². The van der Waals surface area contributed by atoms with Gasteiger partial charge < -0.3 is 16.2 Å². The third-order valence-corrected chi connectivity index (χ3v) is 2.11. The van der Waals surface area contributed by atoms with Gasteiger partial charge in [0, 0.05) is 12.6 Å². The maximum Gasteiger partial charge on any atom is 0.115 e. The first-order valence-electron chi connectivity index (χ1n) is 4.41. The topological polar surface area (TPSA) is 58.3 Å². The quantitative estimate of drug-likeness (QED) is 0.631. The van der Waals surface area contributed by atoms with Crippen LogP contribution in [0.25, 0.3) is 0 Å². The molecule has 0 aliphatic heterocycles. The molecule has 1 atom stereocenters. The van der Waals surface area contributed by atoms with Crippen molar-refractivity contribution in [2.75, 3.05) is 13.6 Å². The zero-order chi connectivity index (χ0) is 9.68. The molecule has 1 aromatic rings. The maximum absolute atomic E-state index is 9.06. The van der Waals surface area contributed by atoms with E-state index in [-0.39, 0.29) is 0 Å². The Bertz CT molecular complexity index is 242. The van der Waals surface area contributed by atoms with Crippen molar-refractivity contribution in [3.8, 4) is 5.75 Å². The van der Waals surface area contributed by atoms with Crippen LogP contribution in [-0.4, -0.2) is 24.7 Å². The molecule has 0 bridgehead atoms. The molecule has 1 unspecified atom stereocenters. The molecule has 72 valence electrons. The number of likely N-dealkylation sites (N-methyl/N-ethyl adjacent to an activating group) is 1. The molecule has 1 rings (SSSR count). The highest BCUT2D eigenvalue weighted by molar-refractivity contribution is 5.26. The molecule has 0 amide bonds. The van der Waals surface area contributed by atoms with E-state index in [4.69, 9.17) is 10.8 Å². The fourth-order valence-corrected chi connectivity index (χ4v) is 1.22. The third kappa shape index (κ3) is 3.05. The van der Waals surface area contributed by atoms with Crippen molar-refractivity contribution in [3.63, 3.8) is 0 Å². The van der Waals surface area contributed by atoms with Crippen molar-refractivity contribution >= 4 is 0 Å². The normalized spacial score (nSPS) is 12.8. The van der Waals surface area contributed by atoms with Gasteiger partial charge >= 0.3 is 0 Å². The van der Waals surface area contributed by atoms with Gasteiger partial charge in [-0.1, -0.05) is 12.1 Å². The van der Waals surface area contributed by atoms with Crippen molar-refractivity contribution in [1.29, 1.82) is 0 Å². The lowest BCUT2D eigenvalue weighted by molar-refractivity contribution is 0.474. The highest BCUT2D eigenvalue weighted by Gasteiger charge is 2.03. The Morgan fingerprint density at radius 3 is 2.46 bits per heavy atom. The first-order chi connectivity index (χ1) is 6.26. The Balaban J connectivity index is 2.58. The molecule has 0 saturated heterocycles. The molecule has 0 radical (unpaired) electrons. The van der Waals surface area contributed by atoms with Crippen LogP contribution in [-0.2, 0) is 6.42 Å². The number of rotatable bonds is 4. The Labute approximate surface area is 78.6 Å². The Morgan fingerprint density at radius 2 is 2.00 bits per heavy atom. The van der Waals surface area contributed by atoms with Gasteiger partial charge in [-0.2, -0.15) is 0 Å². The average molecular weight is 180 g/mol. The smallest absolute Gasteiger partial charge is 0.115 e. The lowest BCUT2D eigenvalue weighted by Gasteiger charge is -2.13. The van der Waals surface area contributed by atoms with Crippen LogP contribution in [0.15, 0.2) is 24.3 Å². The van der Waals surface area contributed by atoms with Crippen LogP contribution in [0.3, 0.4) is 0 Å². The second kappa shape index (κ2) is 4.84. The number of aromatic hydroxyl groups is 1. The largest absolute Gasteiger partial charge is 0.508 e. The summed E-state index contributed by atoms with van der Waals surface area (Å²) >= 11 is 0. The molecule has 13 heavy (non-hydrogen) atoms. The van der Waals surface area contributed by atoms with E-state index in [1.807, 2.05) is 19.2 Å². The summed E-state index contributed by atoms with van der Waals surface area (Å²) in [6, 6.07) is 7.52. The molecule has 3 heteroatoms. The van der Waals surface area contributed by atoms with Gasteiger partial charge in [-0.3, -0.25) is 0 Å². The summed E-state index contributed by atoms with van der Waals surface area (Å²) in [7, 11) is 1.90. The zero-order valence-electron chi connectivity index (χ0n) is 7.83. The minimum absolute atomic E-state index is 0.303. The Hall–Kier alpha value is -1.06. The molecule has 1 aromatic carbocycles. The Morgan fingerprint density at radius 1 is 1.38 bits per heavy atom. The highest BCUT2D eigenvalue weighted by Crippen LogP contribution is 2.10. The fourth-order valence-electron chi connectivity index (χ4n) is 1.22. The van der Waals surface area contributed by atoms with Gasteiger partial charge in [0.2, 0.25) is 0 Å². The summed E-state index contributed by atoms with van der Waals surface area (Å²) in [5, 5.41) is 12.2. The number of hydrogen-bond donors (Lipinski definition) is 3. The molecule has 0 fully saturated rings. The predicted molar refractivity (Wildman–Crippen MR) is 53.7 cm³/mol. The van der Waals surface area contributed by atoms with Gasteiger partial charge in [0.25, 0.3) is 0 Å². The number of benzene rings is 1. The fraction of sp³-hybridized carbons (Fsp3) is 0.400. The summed E-state index contributed by atoms with van der Waals surface area (Å²) in [4.78, 5) is 0. The zero-order valence-corrected chi connectivity index (χ0v) is 7.83. The molecule has 4 N–H and O–H groups in total. The van der Waals surface area contributed by atoms with Crippen LogP contribution >= 0.6 is 0 Å². The SMILES string of the molecule is CNC(CN)Cc1ccc(O)cc1. The molecule has 0 heterocycles. The standard InChI is InChI=1S/C10H16N2O/c1-12-9(7-11)6-8-2-4-10(13)5-3-8/h2-5,9,12-13H,6-7,11H2,1H3. The first-order valence-corrected chi connectivity index (χ1v) is 4.41. The Kier molecular flexibility index (Phi) is 3.73. The van der Waals surface area contributed by atoms with Crippen LogP contribution in [0.1, 0.15) is 5.56 Å². The van der Waals surface area contributed by atoms with Gasteiger partial charge in [-0.25, -0.2) is 0 Å². The number of nitrogens with two attached hydrogens (primary N) is 1. The molecule has 0 spiro atoms. The van der Waals surface area contributed by atoms with E-state index in [9.17, 15) is 0 Å². The van der Waals surface area contributed by atoms with Crippen molar-refractivity contribution < 1.29 is 5.11 Å². The van der Waals surface area contributed by atoms with Gasteiger partial charge in [-0.05, 0) is 31.2 Å². The monoisotopic (exact) mass is 180 g/mol. The van der Waals surface area contributed by atoms with E-state index in [0.717, 1.165) is 6.42 Å². The van der Waals surface area contributed by atoms with E-state index in [1.165, 1.54) is 5.56 Å². The van der Waals surface area contributed by atoms with Crippen molar-refractivity contribution in [2.24, 2.45) is 5.73 Å². The van der Waals surface area contributed by atoms with Gasteiger partial charge in [0.05, 0.1) is 0 Å². The molecular weight excluding hydrogens is 164 g/mol. The summed E-state index contributed by atoms with van der Waals surface area (Å²) in [6.07, 6.45) is 0.896. The van der Waals surface area contributed by atoms with Gasteiger partial charge in [0.15, 0.2) is 0 Å². The van der Waals surface area contributed by atoms with Crippen molar-refractivity contribution in [1.82, 2.24) is 5.32 Å². The van der Waals surface area contributed by atoms with Gasteiger partial charge in [0.1, 0.15) is 5.75 Å². The molecule has 3 nitrogen and oxygen atoms in total. The maximum atomic E-state index is 9.06. The summed E-state index contributed by atoms with van der Waals surface area (Å²) < 4.78 is 0. The first kappa shape index (κ1) is 10.0. The van der Waals surface area contributed by atoms with E-state index >= 15 is 0 Å². The lowest BCUT2D eigenvalue weighted by Crippen LogP contribution is -2.35. The second-order valence-electron chi connectivity index (χ2n) is 3.09. The third-order valence-electron chi connectivity index (χ3n) is 2.11. The van der Waals surface area contributed by atoms with E-state index < -0.39 is 0 Å². The lowest BCUT2D eigenvalue weighted by atomic mass is 10.1. The molecule has 0 saturated carbocycles. The summed E-state index contributed by atoms with van der Waals surface area (Å²) in [6.45, 7) is 0.622. The molecule has 0 aliphatic carbocycles. The number of hydrogen-bond acceptors (Lipinski definition) is 3. The van der Waals surface area contributed by atoms with Crippen LogP contribution in [0.2, 0.25) is 0 Å². The second-order valence-corrected chi connectivity index (χ2v) is 3.09. The number of phenols is 1. The number of phenolic OH excluding ortho intramolecular Hbond substituents is 1. The average Bonchev–Trinajstić information content (AvgIpc) is 2.17. The minimum Gasteiger partial charge on any atom is -0.508 e. The van der Waals surface area contributed by atoms with Crippen LogP contribution in [0.4, 0.5) is 0 Å². The minimum atomic E-state index is 0.303. The predicted octanol–water partition coefficient (Wildman–Crippen LogP) is 0.481. The van der Waals surface area contributed by atoms with Crippen molar-refractivity contribution in [3.05, 3.63) is 29.8 Å². The van der Waals surface area contributed by atoms with Gasteiger partial charge in [-0.15, -0.1) is 0 Å². The summed E-state index contributed by atoms with van der Waals surface area (Å²) in [5.74, 6) is 0.303. The van der Waals surface area contributed by atoms with Crippen LogP contribution < -0.4 is 11.1 Å². The van der Waals surface area contributed by atoms with E-state index in [2.05, 4.69) is 5.32 Å². The molecule has 0 aliphatic rings. The number of nitrogens with one attached hydrogen (secondary N) is 1. The van der Waals surface area contributed by atoms with E-state index in [0.29, 0.717) is 18.3 Å². The molecular formula is C10H16N2O. The highest BCUT2D eigenvalue weighted by atomic mass is 16.3. The molecule has 0 aromatic heterocycles.